The number of halogens is 1. The molecule has 1 saturated heterocycles. The quantitative estimate of drug-likeness (QED) is 0.265. The number of anilines is 1. The number of aromatic amines is 1. The van der Waals surface area contributed by atoms with Gasteiger partial charge in [-0.3, -0.25) is 4.79 Å². The number of aromatic nitrogens is 1. The third kappa shape index (κ3) is 6.87. The Hall–Kier alpha value is -4.01. The summed E-state index contributed by atoms with van der Waals surface area (Å²) in [5.41, 5.74) is 3.92. The summed E-state index contributed by atoms with van der Waals surface area (Å²) < 4.78 is 6.14. The molecule has 3 aromatic carbocycles. The standard InChI is InChI=1S/C35H40ClN5O3/c1-39(2)22-24-18-25-19-27(36)12-13-33(25)41(23-24)34(42)32(20-26-21-37-31-11-7-6-10-30(26)31)38-35(43)40-16-14-29(15-17-40)44-28-8-4-3-5-9-28/h3-13,19,21,24,29,32,37H,14-18,20,22-23H2,1-2H3,(H,38,43)/t24-,32-/m1/s1. The molecule has 3 amide bonds. The second kappa shape index (κ2) is 13.3. The maximum Gasteiger partial charge on any atom is 0.318 e. The van der Waals surface area contributed by atoms with Crippen LogP contribution >= 0.6 is 11.6 Å². The molecule has 230 valence electrons. The number of benzene rings is 3. The Balaban J connectivity index is 1.22. The number of para-hydroxylation sites is 2. The molecule has 0 spiro atoms. The Morgan fingerprint density at radius 2 is 1.80 bits per heavy atom. The third-order valence-corrected chi connectivity index (χ3v) is 8.88. The van der Waals surface area contributed by atoms with E-state index in [2.05, 4.69) is 15.2 Å². The van der Waals surface area contributed by atoms with Gasteiger partial charge in [-0.05, 0) is 74.0 Å². The number of carbonyl (C=O) groups is 2. The minimum Gasteiger partial charge on any atom is -0.490 e. The summed E-state index contributed by atoms with van der Waals surface area (Å²) in [7, 11) is 4.10. The number of nitrogens with zero attached hydrogens (tertiary/aromatic N) is 3. The van der Waals surface area contributed by atoms with E-state index in [1.165, 1.54) is 0 Å². The van der Waals surface area contributed by atoms with Gasteiger partial charge in [0.05, 0.1) is 0 Å². The number of piperidine rings is 1. The highest BCUT2D eigenvalue weighted by Gasteiger charge is 2.35. The number of H-pyrrole nitrogens is 1. The van der Waals surface area contributed by atoms with Crippen LogP contribution in [0.4, 0.5) is 10.5 Å². The van der Waals surface area contributed by atoms with E-state index in [4.69, 9.17) is 16.3 Å². The predicted octanol–water partition coefficient (Wildman–Crippen LogP) is 5.75. The molecule has 1 aromatic heterocycles. The maximum atomic E-state index is 14.5. The fraction of sp³-hybridized carbons (Fsp3) is 0.371. The number of fused-ring (bicyclic) bond motifs is 2. The molecular weight excluding hydrogens is 574 g/mol. The van der Waals surface area contributed by atoms with Crippen LogP contribution < -0.4 is 15.0 Å². The van der Waals surface area contributed by atoms with Gasteiger partial charge in [-0.25, -0.2) is 4.79 Å². The summed E-state index contributed by atoms with van der Waals surface area (Å²) in [5, 5.41) is 4.86. The second-order valence-electron chi connectivity index (χ2n) is 12.2. The monoisotopic (exact) mass is 613 g/mol. The molecule has 1 fully saturated rings. The van der Waals surface area contributed by atoms with Crippen molar-refractivity contribution in [2.75, 3.05) is 45.2 Å². The van der Waals surface area contributed by atoms with Crippen LogP contribution in [0.15, 0.2) is 79.0 Å². The number of hydrogen-bond acceptors (Lipinski definition) is 4. The molecule has 9 heteroatoms. The highest BCUT2D eigenvalue weighted by atomic mass is 35.5. The van der Waals surface area contributed by atoms with Crippen molar-refractivity contribution in [1.82, 2.24) is 20.1 Å². The van der Waals surface area contributed by atoms with Gasteiger partial charge in [0.2, 0.25) is 5.91 Å². The van der Waals surface area contributed by atoms with Crippen LogP contribution in [-0.4, -0.2) is 79.1 Å². The minimum absolute atomic E-state index is 0.0513. The molecule has 2 N–H and O–H groups in total. The van der Waals surface area contributed by atoms with Crippen LogP contribution in [-0.2, 0) is 17.6 Å². The number of hydrogen-bond donors (Lipinski definition) is 2. The Morgan fingerprint density at radius 1 is 1.05 bits per heavy atom. The molecule has 6 rings (SSSR count). The molecule has 2 aliphatic rings. The lowest BCUT2D eigenvalue weighted by atomic mass is 9.91. The zero-order valence-electron chi connectivity index (χ0n) is 25.3. The lowest BCUT2D eigenvalue weighted by Gasteiger charge is -2.38. The maximum absolute atomic E-state index is 14.5. The topological polar surface area (TPSA) is 80.9 Å². The summed E-state index contributed by atoms with van der Waals surface area (Å²) in [6, 6.07) is 22.6. The van der Waals surface area contributed by atoms with E-state index in [9.17, 15) is 9.59 Å². The van der Waals surface area contributed by atoms with Crippen LogP contribution in [0.25, 0.3) is 10.9 Å². The SMILES string of the molecule is CN(C)C[C@H]1Cc2cc(Cl)ccc2N(C(=O)[C@@H](Cc2c[nH]c3ccccc23)NC(=O)N2CCC(Oc3ccccc3)CC2)C1. The first-order valence-electron chi connectivity index (χ1n) is 15.4. The van der Waals surface area contributed by atoms with Crippen LogP contribution in [0.1, 0.15) is 24.0 Å². The number of ether oxygens (including phenoxy) is 1. The largest absolute Gasteiger partial charge is 0.490 e. The van der Waals surface area contributed by atoms with Gasteiger partial charge in [0.25, 0.3) is 0 Å². The first-order valence-corrected chi connectivity index (χ1v) is 15.8. The zero-order valence-corrected chi connectivity index (χ0v) is 26.1. The van der Waals surface area contributed by atoms with Crippen molar-refractivity contribution < 1.29 is 14.3 Å². The predicted molar refractivity (Wildman–Crippen MR) is 176 cm³/mol. The summed E-state index contributed by atoms with van der Waals surface area (Å²) >= 11 is 6.39. The van der Waals surface area contributed by atoms with Gasteiger partial charge in [-0.2, -0.15) is 0 Å². The Bertz CT molecular complexity index is 1600. The molecule has 0 unspecified atom stereocenters. The lowest BCUT2D eigenvalue weighted by molar-refractivity contribution is -0.120. The van der Waals surface area contributed by atoms with Crippen LogP contribution in [0.5, 0.6) is 5.75 Å². The van der Waals surface area contributed by atoms with E-state index in [1.54, 1.807) is 4.90 Å². The molecule has 3 heterocycles. The molecule has 0 radical (unpaired) electrons. The molecule has 44 heavy (non-hydrogen) atoms. The molecular formula is C35H40ClN5O3. The first kappa shape index (κ1) is 30.0. The summed E-state index contributed by atoms with van der Waals surface area (Å²) in [6.45, 7) is 2.55. The summed E-state index contributed by atoms with van der Waals surface area (Å²) in [6.07, 6.45) is 4.68. The number of nitrogens with one attached hydrogen (secondary N) is 2. The van der Waals surface area contributed by atoms with E-state index in [0.717, 1.165) is 59.3 Å². The van der Waals surface area contributed by atoms with Crippen molar-refractivity contribution in [2.45, 2.75) is 37.8 Å². The van der Waals surface area contributed by atoms with Crippen molar-refractivity contribution in [3.63, 3.8) is 0 Å². The summed E-state index contributed by atoms with van der Waals surface area (Å²) in [5.74, 6) is 0.974. The Morgan fingerprint density at radius 3 is 2.57 bits per heavy atom. The third-order valence-electron chi connectivity index (χ3n) is 8.64. The van der Waals surface area contributed by atoms with E-state index in [1.807, 2.05) is 98.0 Å². The molecule has 2 atom stereocenters. The highest BCUT2D eigenvalue weighted by Crippen LogP contribution is 2.33. The van der Waals surface area contributed by atoms with E-state index < -0.39 is 6.04 Å². The van der Waals surface area contributed by atoms with E-state index >= 15 is 0 Å². The van der Waals surface area contributed by atoms with E-state index in [0.29, 0.717) is 31.1 Å². The van der Waals surface area contributed by atoms with Gasteiger partial charge in [-0.15, -0.1) is 0 Å². The smallest absolute Gasteiger partial charge is 0.318 e. The average molecular weight is 614 g/mol. The summed E-state index contributed by atoms with van der Waals surface area (Å²) in [4.78, 5) is 37.4. The molecule has 8 nitrogen and oxygen atoms in total. The number of likely N-dealkylation sites (tertiary alicyclic amines) is 1. The highest BCUT2D eigenvalue weighted by molar-refractivity contribution is 6.30. The fourth-order valence-corrected chi connectivity index (χ4v) is 6.77. The normalized spacial score (nSPS) is 17.9. The van der Waals surface area contributed by atoms with Gasteiger partial charge in [0, 0.05) is 73.3 Å². The van der Waals surface area contributed by atoms with Crippen molar-refractivity contribution in [3.05, 3.63) is 95.1 Å². The van der Waals surface area contributed by atoms with Crippen molar-refractivity contribution in [1.29, 1.82) is 0 Å². The van der Waals surface area contributed by atoms with Crippen LogP contribution in [0.3, 0.4) is 0 Å². The molecule has 4 aromatic rings. The zero-order chi connectivity index (χ0) is 30.6. The van der Waals surface area contributed by atoms with Crippen LogP contribution in [0.2, 0.25) is 5.02 Å². The molecule has 0 bridgehead atoms. The van der Waals surface area contributed by atoms with Crippen molar-refractivity contribution in [2.24, 2.45) is 5.92 Å². The van der Waals surface area contributed by atoms with E-state index in [-0.39, 0.29) is 24.0 Å². The van der Waals surface area contributed by atoms with Gasteiger partial charge in [-0.1, -0.05) is 48.0 Å². The lowest BCUT2D eigenvalue weighted by Crippen LogP contribution is -2.56. The van der Waals surface area contributed by atoms with Crippen molar-refractivity contribution >= 4 is 40.1 Å². The minimum atomic E-state index is -0.748. The molecule has 2 aliphatic heterocycles. The molecule has 0 aliphatic carbocycles. The number of urea groups is 1. The fourth-order valence-electron chi connectivity index (χ4n) is 6.58. The van der Waals surface area contributed by atoms with Crippen molar-refractivity contribution in [3.8, 4) is 5.75 Å². The molecule has 0 saturated carbocycles. The second-order valence-corrected chi connectivity index (χ2v) is 12.7. The Labute approximate surface area is 263 Å². The van der Waals surface area contributed by atoms with Gasteiger partial charge >= 0.3 is 6.03 Å². The Kier molecular flexibility index (Phi) is 9.09. The van der Waals surface area contributed by atoms with Crippen LogP contribution in [0, 0.1) is 5.92 Å². The van der Waals surface area contributed by atoms with Gasteiger partial charge in [0.15, 0.2) is 0 Å². The van der Waals surface area contributed by atoms with Gasteiger partial charge < -0.3 is 29.7 Å². The average Bonchev–Trinajstić information content (AvgIpc) is 3.43. The first-order chi connectivity index (χ1) is 21.3. The van der Waals surface area contributed by atoms with Gasteiger partial charge in [0.1, 0.15) is 17.9 Å². The number of carbonyl (C=O) groups excluding carboxylic acids is 2. The number of rotatable bonds is 8. The number of amides is 3.